The molecule has 8 atom stereocenters. The fourth-order valence-electron chi connectivity index (χ4n) is 2.03. The van der Waals surface area contributed by atoms with Gasteiger partial charge in [0, 0.05) is 0 Å². The van der Waals surface area contributed by atoms with Crippen molar-refractivity contribution in [2.75, 3.05) is 13.2 Å². The summed E-state index contributed by atoms with van der Waals surface area (Å²) < 4.78 is 29.6. The van der Waals surface area contributed by atoms with Crippen LogP contribution in [-0.2, 0) is 32.7 Å². The van der Waals surface area contributed by atoms with Crippen molar-refractivity contribution in [3.8, 4) is 0 Å². The molecule has 3 unspecified atom stereocenters. The van der Waals surface area contributed by atoms with Crippen LogP contribution in [0.5, 0.6) is 0 Å². The van der Waals surface area contributed by atoms with E-state index in [0.29, 0.717) is 0 Å². The number of phosphoric ester groups is 1. The topological polar surface area (TPSA) is 210 Å². The summed E-state index contributed by atoms with van der Waals surface area (Å²) in [5.74, 6) is 0. The van der Waals surface area contributed by atoms with Crippen molar-refractivity contribution in [2.24, 2.45) is 0 Å². The van der Waals surface area contributed by atoms with Gasteiger partial charge in [-0.1, -0.05) is 0 Å². The second-order valence-electron chi connectivity index (χ2n) is 5.07. The first-order chi connectivity index (χ1) is 11.6. The molecule has 1 aliphatic carbocycles. The van der Waals surface area contributed by atoms with Crippen LogP contribution < -0.4 is 0 Å². The van der Waals surface area contributed by atoms with Gasteiger partial charge in [0.05, 0.1) is 6.61 Å². The number of aliphatic hydroxyl groups is 5. The number of hydrogen-bond donors (Lipinski definition) is 6. The van der Waals surface area contributed by atoms with E-state index in [1.54, 1.807) is 0 Å². The monoisotopic (exact) mass is 390 g/mol. The van der Waals surface area contributed by atoms with Crippen LogP contribution in [0.3, 0.4) is 0 Å². The van der Waals surface area contributed by atoms with Crippen molar-refractivity contribution >= 4 is 20.8 Å². The lowest BCUT2D eigenvalue weighted by Crippen LogP contribution is -2.64. The number of aliphatic hydroxyl groups excluding tert-OH is 5. The number of hydrogen-bond acceptors (Lipinski definition) is 12. The maximum Gasteiger partial charge on any atom is 0.472 e. The Morgan fingerprint density at radius 1 is 0.880 bits per heavy atom. The van der Waals surface area contributed by atoms with Gasteiger partial charge in [-0.05, 0) is 0 Å². The number of ether oxygens (including phenoxy) is 2. The average Bonchev–Trinajstić information content (AvgIpc) is 2.57. The number of carbonyl (C=O) groups excluding carboxylic acids is 2. The maximum atomic E-state index is 11.9. The Hall–Kier alpha value is -1.15. The minimum absolute atomic E-state index is 0.0197. The maximum absolute atomic E-state index is 11.9. The molecule has 0 aromatic carbocycles. The zero-order valence-electron chi connectivity index (χ0n) is 12.6. The second kappa shape index (κ2) is 9.52. The molecule has 146 valence electrons. The summed E-state index contributed by atoms with van der Waals surface area (Å²) in [6, 6.07) is 0. The predicted molar refractivity (Wildman–Crippen MR) is 73.6 cm³/mol. The summed E-state index contributed by atoms with van der Waals surface area (Å²) in [6.45, 7) is -1.22. The quantitative estimate of drug-likeness (QED) is 0.155. The van der Waals surface area contributed by atoms with Gasteiger partial charge < -0.3 is 39.9 Å². The highest BCUT2D eigenvalue weighted by atomic mass is 31.2. The molecule has 13 nitrogen and oxygen atoms in total. The van der Waals surface area contributed by atoms with Gasteiger partial charge in [-0.3, -0.25) is 18.6 Å². The van der Waals surface area contributed by atoms with Crippen molar-refractivity contribution < 1.29 is 63.1 Å². The second-order valence-corrected chi connectivity index (χ2v) is 6.48. The highest BCUT2D eigenvalue weighted by Gasteiger charge is 2.51. The molecular weight excluding hydrogens is 371 g/mol. The largest absolute Gasteiger partial charge is 0.472 e. The van der Waals surface area contributed by atoms with Gasteiger partial charge in [0.1, 0.15) is 43.2 Å². The minimum Gasteiger partial charge on any atom is -0.464 e. The van der Waals surface area contributed by atoms with Crippen LogP contribution in [0.2, 0.25) is 0 Å². The van der Waals surface area contributed by atoms with Crippen LogP contribution in [0.25, 0.3) is 0 Å². The first kappa shape index (κ1) is 21.9. The molecule has 0 bridgehead atoms. The predicted octanol–water partition coefficient (Wildman–Crippen LogP) is -3.98. The van der Waals surface area contributed by atoms with Gasteiger partial charge in [0.15, 0.2) is 6.10 Å². The molecule has 0 radical (unpaired) electrons. The Balaban J connectivity index is 2.70. The summed E-state index contributed by atoms with van der Waals surface area (Å²) in [6.07, 6.45) is -13.1. The van der Waals surface area contributed by atoms with Crippen molar-refractivity contribution in [2.45, 2.75) is 42.7 Å². The van der Waals surface area contributed by atoms with E-state index >= 15 is 0 Å². The van der Waals surface area contributed by atoms with Gasteiger partial charge in [0.2, 0.25) is 0 Å². The first-order valence-electron chi connectivity index (χ1n) is 6.85. The van der Waals surface area contributed by atoms with E-state index in [4.69, 9.17) is 0 Å². The molecule has 1 fully saturated rings. The van der Waals surface area contributed by atoms with E-state index < -0.39 is 63.8 Å². The Bertz CT molecular complexity index is 471. The van der Waals surface area contributed by atoms with Crippen LogP contribution in [0.4, 0.5) is 0 Å². The van der Waals surface area contributed by atoms with E-state index in [2.05, 4.69) is 18.5 Å². The third-order valence-corrected chi connectivity index (χ3v) is 4.33. The summed E-state index contributed by atoms with van der Waals surface area (Å²) in [7, 11) is -4.98. The van der Waals surface area contributed by atoms with Crippen molar-refractivity contribution in [3.05, 3.63) is 0 Å². The van der Waals surface area contributed by atoms with Gasteiger partial charge in [0.25, 0.3) is 12.9 Å². The molecule has 1 rings (SSSR count). The van der Waals surface area contributed by atoms with Gasteiger partial charge in [-0.15, -0.1) is 0 Å². The van der Waals surface area contributed by atoms with Gasteiger partial charge >= 0.3 is 7.82 Å². The highest BCUT2D eigenvalue weighted by molar-refractivity contribution is 7.47. The molecule has 1 saturated carbocycles. The third-order valence-electron chi connectivity index (χ3n) is 3.35. The number of rotatable bonds is 10. The molecule has 0 amide bonds. The molecule has 0 saturated heterocycles. The van der Waals surface area contributed by atoms with Crippen LogP contribution >= 0.6 is 7.82 Å². The molecule has 0 aromatic rings. The van der Waals surface area contributed by atoms with E-state index in [0.717, 1.165) is 0 Å². The molecule has 0 heterocycles. The molecule has 0 aliphatic heterocycles. The minimum atomic E-state index is -4.98. The molecule has 6 N–H and O–H groups in total. The first-order valence-corrected chi connectivity index (χ1v) is 8.34. The van der Waals surface area contributed by atoms with E-state index in [1.807, 2.05) is 0 Å². The van der Waals surface area contributed by atoms with Crippen LogP contribution in [0.1, 0.15) is 0 Å². The molecule has 0 spiro atoms. The number of phosphoric acid groups is 1. The fraction of sp³-hybridized carbons (Fsp3) is 0.818. The van der Waals surface area contributed by atoms with E-state index in [9.17, 15) is 44.6 Å². The zero-order valence-corrected chi connectivity index (χ0v) is 13.5. The summed E-state index contributed by atoms with van der Waals surface area (Å²) in [4.78, 5) is 29.9. The molecule has 0 aromatic heterocycles. The highest BCUT2D eigenvalue weighted by Crippen LogP contribution is 2.47. The molecule has 1 aliphatic rings. The summed E-state index contributed by atoms with van der Waals surface area (Å²) >= 11 is 0. The molecule has 25 heavy (non-hydrogen) atoms. The van der Waals surface area contributed by atoms with Gasteiger partial charge in [-0.25, -0.2) is 4.57 Å². The Morgan fingerprint density at radius 3 is 1.88 bits per heavy atom. The molecule has 14 heteroatoms. The smallest absolute Gasteiger partial charge is 0.464 e. The summed E-state index contributed by atoms with van der Waals surface area (Å²) in [5, 5.41) is 47.8. The Kier molecular flexibility index (Phi) is 8.34. The lowest BCUT2D eigenvalue weighted by molar-refractivity contribution is -0.220. The van der Waals surface area contributed by atoms with Crippen molar-refractivity contribution in [1.82, 2.24) is 0 Å². The Labute approximate surface area is 140 Å². The molecular formula is C11H19O13P. The number of carbonyl (C=O) groups is 2. The van der Waals surface area contributed by atoms with E-state index in [-0.39, 0.29) is 12.9 Å². The normalized spacial score (nSPS) is 36.1. The van der Waals surface area contributed by atoms with Gasteiger partial charge in [-0.2, -0.15) is 0 Å². The summed E-state index contributed by atoms with van der Waals surface area (Å²) in [5.41, 5.74) is 0. The van der Waals surface area contributed by atoms with E-state index in [1.165, 1.54) is 0 Å². The van der Waals surface area contributed by atoms with Crippen LogP contribution in [0, 0.1) is 0 Å². The van der Waals surface area contributed by atoms with Crippen LogP contribution in [0.15, 0.2) is 0 Å². The average molecular weight is 390 g/mol. The fourth-order valence-corrected chi connectivity index (χ4v) is 3.01. The van der Waals surface area contributed by atoms with Crippen molar-refractivity contribution in [1.29, 1.82) is 0 Å². The standard InChI is InChI=1S/C11H19O13P/c12-3-21-1-5(22-4-13)2-23-25(19,20)24-11-9(17)7(15)6(14)8(16)10(11)18/h3-11,14-18H,1-2H2,(H,19,20)/t5-,6?,7-,8+,9-,10-,11?/m1/s1. The lowest BCUT2D eigenvalue weighted by Gasteiger charge is -2.41. The van der Waals surface area contributed by atoms with Crippen molar-refractivity contribution in [3.63, 3.8) is 0 Å². The Morgan fingerprint density at radius 2 is 1.40 bits per heavy atom. The van der Waals surface area contributed by atoms with Crippen LogP contribution in [-0.4, -0.2) is 99.3 Å². The lowest BCUT2D eigenvalue weighted by atomic mass is 9.85. The SMILES string of the molecule is O=COC[C@H](COP(=O)(O)OC1[C@H](O)[C@H](O)C(O)[C@H](O)[C@H]1O)OC=O. The third kappa shape index (κ3) is 5.95. The zero-order chi connectivity index (χ0) is 19.2.